The van der Waals surface area contributed by atoms with Gasteiger partial charge in [0, 0.05) is 51.0 Å². The molecule has 1 aliphatic heterocycles. The lowest BCUT2D eigenvalue weighted by Crippen LogP contribution is -2.47. The molecule has 0 atom stereocenters. The lowest BCUT2D eigenvalue weighted by molar-refractivity contribution is -0.137. The first-order chi connectivity index (χ1) is 14.9. The molecular formula is C19H21ClF3N5O3S. The van der Waals surface area contributed by atoms with E-state index in [-0.39, 0.29) is 22.2 Å². The van der Waals surface area contributed by atoms with Gasteiger partial charge in [0.25, 0.3) is 0 Å². The van der Waals surface area contributed by atoms with Gasteiger partial charge in [0.1, 0.15) is 5.82 Å². The Labute approximate surface area is 188 Å². The summed E-state index contributed by atoms with van der Waals surface area (Å²) in [4.78, 5) is 19.9. The molecule has 0 saturated carbocycles. The number of primary sulfonamides is 1. The van der Waals surface area contributed by atoms with E-state index in [1.807, 2.05) is 4.90 Å². The SMILES string of the molecule is NS(=O)(=O)c1ccc(NC(=O)CCN2CCN(c3ncc(C(F)(F)F)cc3Cl)CC2)cc1. The third-order valence-electron chi connectivity index (χ3n) is 4.94. The normalized spacial score (nSPS) is 15.6. The Morgan fingerprint density at radius 2 is 1.78 bits per heavy atom. The Kier molecular flexibility index (Phi) is 7.28. The third-order valence-corrected chi connectivity index (χ3v) is 6.15. The van der Waals surface area contributed by atoms with Crippen molar-refractivity contribution in [1.29, 1.82) is 0 Å². The number of anilines is 2. The molecule has 32 heavy (non-hydrogen) atoms. The molecule has 3 N–H and O–H groups in total. The van der Waals surface area contributed by atoms with Crippen LogP contribution in [0.3, 0.4) is 0 Å². The molecule has 1 amide bonds. The number of sulfonamides is 1. The van der Waals surface area contributed by atoms with Gasteiger partial charge in [0.15, 0.2) is 0 Å². The Bertz CT molecular complexity index is 1070. The fraction of sp³-hybridized carbons (Fsp3) is 0.368. The van der Waals surface area contributed by atoms with E-state index in [1.54, 1.807) is 0 Å². The maximum absolute atomic E-state index is 12.8. The number of pyridine rings is 1. The van der Waals surface area contributed by atoms with Gasteiger partial charge in [0.05, 0.1) is 15.5 Å². The summed E-state index contributed by atoms with van der Waals surface area (Å²) in [6.07, 6.45) is -3.51. The molecule has 0 aliphatic carbocycles. The third kappa shape index (κ3) is 6.31. The van der Waals surface area contributed by atoms with Crippen LogP contribution in [0.4, 0.5) is 24.7 Å². The van der Waals surface area contributed by atoms with Crippen LogP contribution < -0.4 is 15.4 Å². The number of aromatic nitrogens is 1. The molecule has 1 aromatic heterocycles. The Morgan fingerprint density at radius 1 is 1.16 bits per heavy atom. The van der Waals surface area contributed by atoms with E-state index < -0.39 is 21.8 Å². The average Bonchev–Trinajstić information content (AvgIpc) is 2.72. The molecule has 1 aliphatic rings. The van der Waals surface area contributed by atoms with Crippen molar-refractivity contribution in [1.82, 2.24) is 9.88 Å². The average molecular weight is 492 g/mol. The van der Waals surface area contributed by atoms with Crippen LogP contribution in [0.2, 0.25) is 5.02 Å². The predicted octanol–water partition coefficient (Wildman–Crippen LogP) is 2.55. The summed E-state index contributed by atoms with van der Waals surface area (Å²) in [6.45, 7) is 2.69. The number of piperazine rings is 1. The van der Waals surface area contributed by atoms with Crippen LogP contribution in [-0.2, 0) is 21.0 Å². The van der Waals surface area contributed by atoms with Gasteiger partial charge in [-0.25, -0.2) is 18.5 Å². The van der Waals surface area contributed by atoms with Gasteiger partial charge in [-0.1, -0.05) is 11.6 Å². The highest BCUT2D eigenvalue weighted by atomic mass is 35.5. The van der Waals surface area contributed by atoms with E-state index in [4.69, 9.17) is 16.7 Å². The van der Waals surface area contributed by atoms with Crippen LogP contribution in [0, 0.1) is 0 Å². The van der Waals surface area contributed by atoms with Gasteiger partial charge in [-0.15, -0.1) is 0 Å². The highest BCUT2D eigenvalue weighted by Gasteiger charge is 2.32. The van der Waals surface area contributed by atoms with Crippen molar-refractivity contribution in [2.75, 3.05) is 42.9 Å². The number of halogens is 4. The number of carbonyl (C=O) groups is 1. The van der Waals surface area contributed by atoms with Gasteiger partial charge in [-0.2, -0.15) is 13.2 Å². The van der Waals surface area contributed by atoms with Gasteiger partial charge < -0.3 is 10.2 Å². The Hall–Kier alpha value is -2.41. The second kappa shape index (κ2) is 9.61. The summed E-state index contributed by atoms with van der Waals surface area (Å²) >= 11 is 6.01. The van der Waals surface area contributed by atoms with E-state index >= 15 is 0 Å². The van der Waals surface area contributed by atoms with Crippen LogP contribution in [0.15, 0.2) is 41.4 Å². The summed E-state index contributed by atoms with van der Waals surface area (Å²) in [5.74, 6) is 0.0724. The van der Waals surface area contributed by atoms with E-state index in [0.717, 1.165) is 12.3 Å². The predicted molar refractivity (Wildman–Crippen MR) is 114 cm³/mol. The summed E-state index contributed by atoms with van der Waals surface area (Å²) in [6, 6.07) is 6.40. The molecule has 0 bridgehead atoms. The minimum absolute atomic E-state index is 0.0454. The molecule has 0 radical (unpaired) electrons. The number of benzene rings is 1. The minimum Gasteiger partial charge on any atom is -0.353 e. The molecule has 1 fully saturated rings. The van der Waals surface area contributed by atoms with Crippen LogP contribution in [0.25, 0.3) is 0 Å². The summed E-state index contributed by atoms with van der Waals surface area (Å²) in [5, 5.41) is 7.67. The largest absolute Gasteiger partial charge is 0.417 e. The second-order valence-corrected chi connectivity index (χ2v) is 9.19. The first kappa shape index (κ1) is 24.2. The molecule has 174 valence electrons. The number of nitrogens with zero attached hydrogens (tertiary/aromatic N) is 3. The number of hydrogen-bond acceptors (Lipinski definition) is 6. The summed E-state index contributed by atoms with van der Waals surface area (Å²) < 4.78 is 60.8. The van der Waals surface area contributed by atoms with Crippen molar-refractivity contribution in [3.05, 3.63) is 47.1 Å². The van der Waals surface area contributed by atoms with Gasteiger partial charge in [0.2, 0.25) is 15.9 Å². The van der Waals surface area contributed by atoms with Crippen molar-refractivity contribution in [3.63, 3.8) is 0 Å². The first-order valence-corrected chi connectivity index (χ1v) is 11.5. The number of amides is 1. The molecule has 2 aromatic rings. The monoisotopic (exact) mass is 491 g/mol. The summed E-state index contributed by atoms with van der Waals surface area (Å²) in [7, 11) is -3.79. The number of nitrogens with two attached hydrogens (primary N) is 1. The zero-order valence-corrected chi connectivity index (χ0v) is 18.3. The van der Waals surface area contributed by atoms with Crippen molar-refractivity contribution in [2.24, 2.45) is 5.14 Å². The molecule has 3 rings (SSSR count). The smallest absolute Gasteiger partial charge is 0.353 e. The lowest BCUT2D eigenvalue weighted by Gasteiger charge is -2.35. The zero-order valence-electron chi connectivity index (χ0n) is 16.8. The van der Waals surface area contributed by atoms with Crippen molar-refractivity contribution in [2.45, 2.75) is 17.5 Å². The number of carbonyl (C=O) groups excluding carboxylic acids is 1. The van der Waals surface area contributed by atoms with E-state index in [9.17, 15) is 26.4 Å². The number of nitrogens with one attached hydrogen (secondary N) is 1. The molecule has 1 saturated heterocycles. The van der Waals surface area contributed by atoms with E-state index in [1.165, 1.54) is 24.3 Å². The number of alkyl halides is 3. The molecule has 13 heteroatoms. The second-order valence-electron chi connectivity index (χ2n) is 7.22. The highest BCUT2D eigenvalue weighted by molar-refractivity contribution is 7.89. The number of hydrogen-bond donors (Lipinski definition) is 2. The standard InChI is InChI=1S/C19H21ClF3N5O3S/c20-16-11-13(19(21,22)23)12-25-18(16)28-9-7-27(8-10-28)6-5-17(29)26-14-1-3-15(4-2-14)32(24,30)31/h1-4,11-12H,5-10H2,(H,26,29)(H2,24,30,31). The Morgan fingerprint density at radius 3 is 2.31 bits per heavy atom. The molecule has 0 unspecified atom stereocenters. The minimum atomic E-state index is -4.50. The van der Waals surface area contributed by atoms with Crippen molar-refractivity contribution in [3.8, 4) is 0 Å². The fourth-order valence-corrected chi connectivity index (χ4v) is 4.01. The van der Waals surface area contributed by atoms with Crippen LogP contribution in [-0.4, -0.2) is 56.9 Å². The van der Waals surface area contributed by atoms with Crippen molar-refractivity contribution >= 4 is 39.0 Å². The van der Waals surface area contributed by atoms with Crippen LogP contribution in [0.5, 0.6) is 0 Å². The van der Waals surface area contributed by atoms with E-state index in [0.29, 0.717) is 44.2 Å². The van der Waals surface area contributed by atoms with Gasteiger partial charge in [-0.3, -0.25) is 9.69 Å². The van der Waals surface area contributed by atoms with E-state index in [2.05, 4.69) is 15.2 Å². The molecule has 2 heterocycles. The molecule has 8 nitrogen and oxygen atoms in total. The molecular weight excluding hydrogens is 471 g/mol. The van der Waals surface area contributed by atoms with Crippen molar-refractivity contribution < 1.29 is 26.4 Å². The van der Waals surface area contributed by atoms with Gasteiger partial charge >= 0.3 is 6.18 Å². The topological polar surface area (TPSA) is 109 Å². The lowest BCUT2D eigenvalue weighted by atomic mass is 10.2. The zero-order chi connectivity index (χ0) is 23.5. The molecule has 0 spiro atoms. The first-order valence-electron chi connectivity index (χ1n) is 9.56. The summed E-state index contributed by atoms with van der Waals surface area (Å²) in [5.41, 5.74) is -0.439. The highest BCUT2D eigenvalue weighted by Crippen LogP contribution is 2.33. The van der Waals surface area contributed by atoms with Crippen LogP contribution in [0.1, 0.15) is 12.0 Å². The Balaban J connectivity index is 1.47. The van der Waals surface area contributed by atoms with Crippen LogP contribution >= 0.6 is 11.6 Å². The quantitative estimate of drug-likeness (QED) is 0.643. The maximum Gasteiger partial charge on any atom is 0.417 e. The molecule has 1 aromatic carbocycles. The van der Waals surface area contributed by atoms with Gasteiger partial charge in [-0.05, 0) is 30.3 Å². The maximum atomic E-state index is 12.8. The fourth-order valence-electron chi connectivity index (χ4n) is 3.21. The number of rotatable bonds is 6.